The van der Waals surface area contributed by atoms with E-state index in [0.717, 1.165) is 56.6 Å². The van der Waals surface area contributed by atoms with Crippen LogP contribution in [0.1, 0.15) is 48.5 Å². The van der Waals surface area contributed by atoms with Crippen LogP contribution in [0.5, 0.6) is 5.75 Å². The average molecular weight is 443 g/mol. The minimum absolute atomic E-state index is 0.0824. The zero-order chi connectivity index (χ0) is 22.7. The Morgan fingerprint density at radius 2 is 2.03 bits per heavy atom. The number of benzene rings is 1. The number of methoxy groups -OCH3 is 1. The quantitative estimate of drug-likeness (QED) is 0.663. The summed E-state index contributed by atoms with van der Waals surface area (Å²) in [6.45, 7) is 4.35. The number of nitrogens with one attached hydrogen (secondary N) is 1. The summed E-state index contributed by atoms with van der Waals surface area (Å²) in [7, 11) is 1.18. The summed E-state index contributed by atoms with van der Waals surface area (Å²) in [4.78, 5) is 29.3. The molecule has 0 radical (unpaired) electrons. The van der Waals surface area contributed by atoms with Crippen molar-refractivity contribution < 1.29 is 24.1 Å². The lowest BCUT2D eigenvalue weighted by atomic mass is 10.0. The number of aromatic nitrogens is 1. The predicted molar refractivity (Wildman–Crippen MR) is 120 cm³/mol. The van der Waals surface area contributed by atoms with Crippen LogP contribution in [0.15, 0.2) is 29.1 Å². The number of rotatable bonds is 6. The number of ether oxygens (including phenoxy) is 3. The minimum atomic E-state index is -0.857. The number of hydrogen-bond acceptors (Lipinski definition) is 7. The first-order valence-corrected chi connectivity index (χ1v) is 11.2. The van der Waals surface area contributed by atoms with Gasteiger partial charge in [-0.3, -0.25) is 4.79 Å². The van der Waals surface area contributed by atoms with Crippen LogP contribution in [-0.4, -0.2) is 55.3 Å². The molecule has 2 aliphatic heterocycles. The molecule has 2 aromatic rings. The molecule has 1 aromatic carbocycles. The third-order valence-electron chi connectivity index (χ3n) is 6.18. The zero-order valence-electron chi connectivity index (χ0n) is 18.6. The van der Waals surface area contributed by atoms with E-state index in [1.165, 1.54) is 7.11 Å². The maximum atomic E-state index is 12.4. The smallest absolute Gasteiger partial charge is 0.347 e. The van der Waals surface area contributed by atoms with Crippen molar-refractivity contribution in [2.24, 2.45) is 0 Å². The molecule has 1 unspecified atom stereocenters. The van der Waals surface area contributed by atoms with E-state index in [2.05, 4.69) is 14.6 Å². The number of esters is 1. The first kappa shape index (κ1) is 22.4. The zero-order valence-corrected chi connectivity index (χ0v) is 18.6. The summed E-state index contributed by atoms with van der Waals surface area (Å²) in [5, 5.41) is 10.6. The number of hydrogen-bond donors (Lipinski definition) is 2. The molecule has 2 saturated heterocycles. The van der Waals surface area contributed by atoms with Crippen LogP contribution in [0.25, 0.3) is 11.3 Å². The van der Waals surface area contributed by atoms with Crippen molar-refractivity contribution in [1.29, 1.82) is 0 Å². The molecule has 2 fully saturated rings. The molecule has 4 rings (SSSR count). The lowest BCUT2D eigenvalue weighted by molar-refractivity contribution is -0.183. The minimum Gasteiger partial charge on any atom is -0.506 e. The summed E-state index contributed by atoms with van der Waals surface area (Å²) in [6, 6.07) is 7.82. The van der Waals surface area contributed by atoms with E-state index in [9.17, 15) is 14.7 Å². The molecule has 2 N–H and O–H groups in total. The highest BCUT2D eigenvalue weighted by Crippen LogP contribution is 2.32. The van der Waals surface area contributed by atoms with Crippen molar-refractivity contribution >= 4 is 11.7 Å². The molecule has 2 aliphatic rings. The standard InChI is InChI=1S/C24H30N2O6/c1-3-18-21(25-23(28)20(22(18)27)24(29)30-2)15-7-9-16(10-8-15)26-12-11-17(14-26)32-19-6-4-5-13-31-19/h7-10,17,19H,3-6,11-14H2,1-2H3,(H2,25,27,28)/t17-,19?/m1/s1. The molecule has 172 valence electrons. The highest BCUT2D eigenvalue weighted by molar-refractivity contribution is 5.93. The Balaban J connectivity index is 1.50. The highest BCUT2D eigenvalue weighted by atomic mass is 16.7. The number of H-pyrrole nitrogens is 1. The van der Waals surface area contributed by atoms with Crippen molar-refractivity contribution in [2.45, 2.75) is 51.4 Å². The van der Waals surface area contributed by atoms with Gasteiger partial charge in [0, 0.05) is 30.9 Å². The normalized spacial score (nSPS) is 21.0. The molecule has 2 atom stereocenters. The van der Waals surface area contributed by atoms with E-state index in [0.29, 0.717) is 17.7 Å². The Bertz CT molecular complexity index is 1010. The number of pyridine rings is 1. The van der Waals surface area contributed by atoms with Gasteiger partial charge in [0.15, 0.2) is 11.9 Å². The Hall–Kier alpha value is -2.84. The number of nitrogens with zero attached hydrogens (tertiary/aromatic N) is 1. The van der Waals surface area contributed by atoms with Crippen molar-refractivity contribution in [3.63, 3.8) is 0 Å². The first-order chi connectivity index (χ1) is 15.5. The Morgan fingerprint density at radius 1 is 1.25 bits per heavy atom. The van der Waals surface area contributed by atoms with E-state index in [-0.39, 0.29) is 23.7 Å². The maximum Gasteiger partial charge on any atom is 0.347 e. The molecule has 0 spiro atoms. The molecule has 0 bridgehead atoms. The maximum absolute atomic E-state index is 12.4. The average Bonchev–Trinajstić information content (AvgIpc) is 3.27. The molecule has 3 heterocycles. The monoisotopic (exact) mass is 442 g/mol. The largest absolute Gasteiger partial charge is 0.506 e. The SMILES string of the molecule is CCc1c(-c2ccc(N3CC[C@@H](OC4CCCCO4)C3)cc2)[nH]c(=O)c(C(=O)OC)c1O. The van der Waals surface area contributed by atoms with Gasteiger partial charge in [0.1, 0.15) is 5.75 Å². The fourth-order valence-electron chi connectivity index (χ4n) is 4.46. The number of aromatic amines is 1. The van der Waals surface area contributed by atoms with Crippen molar-refractivity contribution in [2.75, 3.05) is 31.7 Å². The van der Waals surface area contributed by atoms with Gasteiger partial charge in [-0.25, -0.2) is 4.79 Å². The molecule has 8 heteroatoms. The van der Waals surface area contributed by atoms with E-state index < -0.39 is 11.5 Å². The molecule has 8 nitrogen and oxygen atoms in total. The molecule has 0 amide bonds. The van der Waals surface area contributed by atoms with Gasteiger partial charge in [-0.2, -0.15) is 0 Å². The van der Waals surface area contributed by atoms with Crippen LogP contribution in [0.4, 0.5) is 5.69 Å². The van der Waals surface area contributed by atoms with Gasteiger partial charge in [0.05, 0.1) is 18.9 Å². The number of carbonyl (C=O) groups excluding carboxylic acids is 1. The second-order valence-electron chi connectivity index (χ2n) is 8.21. The Labute approximate surface area is 187 Å². The van der Waals surface area contributed by atoms with Crippen LogP contribution in [0.3, 0.4) is 0 Å². The number of anilines is 1. The molecular formula is C24H30N2O6. The predicted octanol–water partition coefficient (Wildman–Crippen LogP) is 3.22. The van der Waals surface area contributed by atoms with E-state index in [4.69, 9.17) is 9.47 Å². The summed E-state index contributed by atoms with van der Waals surface area (Å²) in [5.74, 6) is -1.18. The lowest BCUT2D eigenvalue weighted by Crippen LogP contribution is -2.30. The first-order valence-electron chi connectivity index (χ1n) is 11.2. The highest BCUT2D eigenvalue weighted by Gasteiger charge is 2.28. The van der Waals surface area contributed by atoms with Crippen LogP contribution in [0.2, 0.25) is 0 Å². The summed E-state index contributed by atoms with van der Waals surface area (Å²) in [5.41, 5.74) is 1.80. The van der Waals surface area contributed by atoms with Gasteiger partial charge in [-0.1, -0.05) is 19.1 Å². The molecule has 32 heavy (non-hydrogen) atoms. The third kappa shape index (κ3) is 4.52. The van der Waals surface area contributed by atoms with Gasteiger partial charge in [-0.05, 0) is 49.8 Å². The fraction of sp³-hybridized carbons (Fsp3) is 0.500. The lowest BCUT2D eigenvalue weighted by Gasteiger charge is -2.26. The molecular weight excluding hydrogens is 412 g/mol. The van der Waals surface area contributed by atoms with Gasteiger partial charge in [0.25, 0.3) is 5.56 Å². The fourth-order valence-corrected chi connectivity index (χ4v) is 4.46. The Kier molecular flexibility index (Phi) is 6.81. The van der Waals surface area contributed by atoms with Crippen LogP contribution in [0, 0.1) is 0 Å². The van der Waals surface area contributed by atoms with Crippen LogP contribution >= 0.6 is 0 Å². The topological polar surface area (TPSA) is 101 Å². The van der Waals surface area contributed by atoms with E-state index in [1.807, 2.05) is 31.2 Å². The van der Waals surface area contributed by atoms with Gasteiger partial charge >= 0.3 is 5.97 Å². The molecule has 1 aromatic heterocycles. The van der Waals surface area contributed by atoms with Gasteiger partial charge in [-0.15, -0.1) is 0 Å². The van der Waals surface area contributed by atoms with E-state index >= 15 is 0 Å². The van der Waals surface area contributed by atoms with Crippen molar-refractivity contribution in [1.82, 2.24) is 4.98 Å². The number of carbonyl (C=O) groups is 1. The Morgan fingerprint density at radius 3 is 2.69 bits per heavy atom. The molecule has 0 aliphatic carbocycles. The second-order valence-corrected chi connectivity index (χ2v) is 8.21. The summed E-state index contributed by atoms with van der Waals surface area (Å²) in [6.07, 6.45) is 4.70. The van der Waals surface area contributed by atoms with Crippen molar-refractivity contribution in [3.8, 4) is 17.0 Å². The number of aromatic hydroxyl groups is 1. The third-order valence-corrected chi connectivity index (χ3v) is 6.18. The molecule has 0 saturated carbocycles. The van der Waals surface area contributed by atoms with Crippen LogP contribution < -0.4 is 10.5 Å². The van der Waals surface area contributed by atoms with Crippen molar-refractivity contribution in [3.05, 3.63) is 45.7 Å². The summed E-state index contributed by atoms with van der Waals surface area (Å²) < 4.78 is 16.5. The summed E-state index contributed by atoms with van der Waals surface area (Å²) >= 11 is 0. The second kappa shape index (κ2) is 9.75. The van der Waals surface area contributed by atoms with Crippen LogP contribution in [-0.2, 0) is 20.6 Å². The van der Waals surface area contributed by atoms with E-state index in [1.54, 1.807) is 0 Å². The van der Waals surface area contributed by atoms with Gasteiger partial charge in [0.2, 0.25) is 0 Å². The van der Waals surface area contributed by atoms with Gasteiger partial charge < -0.3 is 29.2 Å².